The molecule has 0 bridgehead atoms. The second kappa shape index (κ2) is 6.88. The predicted molar refractivity (Wildman–Crippen MR) is 96.7 cm³/mol. The van der Waals surface area contributed by atoms with Crippen molar-refractivity contribution >= 4 is 29.0 Å². The summed E-state index contributed by atoms with van der Waals surface area (Å²) in [6.45, 7) is 1.42. The van der Waals surface area contributed by atoms with Gasteiger partial charge in [0.2, 0.25) is 5.91 Å². The van der Waals surface area contributed by atoms with Crippen LogP contribution in [0.25, 0.3) is 5.69 Å². The van der Waals surface area contributed by atoms with Crippen LogP contribution in [0.3, 0.4) is 0 Å². The van der Waals surface area contributed by atoms with Gasteiger partial charge in [-0.25, -0.2) is 4.68 Å². The standard InChI is InChI=1S/C18H17N5O2/c1-12(24)20-14-9-7-13(8-10-14)18(25)21-17-16(19)11-23(22-17)15-5-3-2-4-6-15/h2-11H,19H2,1H3,(H,20,24)(H,21,22,25). The monoisotopic (exact) mass is 335 g/mol. The van der Waals surface area contributed by atoms with E-state index in [1.54, 1.807) is 35.1 Å². The van der Waals surface area contributed by atoms with Crippen molar-refractivity contribution in [2.75, 3.05) is 16.4 Å². The Morgan fingerprint density at radius 3 is 2.32 bits per heavy atom. The number of amides is 2. The molecule has 7 heteroatoms. The lowest BCUT2D eigenvalue weighted by molar-refractivity contribution is -0.114. The molecule has 0 atom stereocenters. The summed E-state index contributed by atoms with van der Waals surface area (Å²) in [5.74, 6) is -0.212. The van der Waals surface area contributed by atoms with Crippen LogP contribution in [0.2, 0.25) is 0 Å². The van der Waals surface area contributed by atoms with E-state index in [2.05, 4.69) is 15.7 Å². The van der Waals surface area contributed by atoms with Crippen molar-refractivity contribution in [2.24, 2.45) is 0 Å². The van der Waals surface area contributed by atoms with Crippen LogP contribution in [0, 0.1) is 0 Å². The number of aromatic nitrogens is 2. The van der Waals surface area contributed by atoms with Crippen molar-refractivity contribution in [3.63, 3.8) is 0 Å². The summed E-state index contributed by atoms with van der Waals surface area (Å²) in [6.07, 6.45) is 1.64. The first-order valence-electron chi connectivity index (χ1n) is 7.62. The molecule has 126 valence electrons. The third kappa shape index (κ3) is 3.84. The molecule has 0 saturated carbocycles. The van der Waals surface area contributed by atoms with E-state index < -0.39 is 0 Å². The number of hydrogen-bond acceptors (Lipinski definition) is 4. The second-order valence-electron chi connectivity index (χ2n) is 5.43. The van der Waals surface area contributed by atoms with Crippen LogP contribution in [0.1, 0.15) is 17.3 Å². The van der Waals surface area contributed by atoms with Gasteiger partial charge < -0.3 is 16.4 Å². The average Bonchev–Trinajstić information content (AvgIpc) is 2.96. The fourth-order valence-electron chi connectivity index (χ4n) is 2.29. The van der Waals surface area contributed by atoms with Gasteiger partial charge in [-0.05, 0) is 36.4 Å². The number of carbonyl (C=O) groups is 2. The van der Waals surface area contributed by atoms with Gasteiger partial charge in [0.1, 0.15) is 0 Å². The van der Waals surface area contributed by atoms with Gasteiger partial charge >= 0.3 is 0 Å². The maximum Gasteiger partial charge on any atom is 0.256 e. The largest absolute Gasteiger partial charge is 0.394 e. The Hall–Kier alpha value is -3.61. The molecule has 0 saturated heterocycles. The Morgan fingerprint density at radius 2 is 1.68 bits per heavy atom. The number of carbonyl (C=O) groups excluding carboxylic acids is 2. The summed E-state index contributed by atoms with van der Waals surface area (Å²) in [5.41, 5.74) is 8.20. The van der Waals surface area contributed by atoms with Gasteiger partial charge in [0.25, 0.3) is 5.91 Å². The molecule has 4 N–H and O–H groups in total. The number of nitrogens with zero attached hydrogens (tertiary/aromatic N) is 2. The van der Waals surface area contributed by atoms with Crippen molar-refractivity contribution in [2.45, 2.75) is 6.92 Å². The Kier molecular flexibility index (Phi) is 4.47. The molecule has 0 radical (unpaired) electrons. The van der Waals surface area contributed by atoms with Crippen molar-refractivity contribution in [1.82, 2.24) is 9.78 Å². The Morgan fingerprint density at radius 1 is 1.00 bits per heavy atom. The molecule has 0 fully saturated rings. The summed E-state index contributed by atoms with van der Waals surface area (Å²) in [5, 5.41) is 9.64. The molecule has 2 aromatic carbocycles. The molecule has 3 aromatic rings. The first-order valence-corrected chi connectivity index (χ1v) is 7.62. The predicted octanol–water partition coefficient (Wildman–Crippen LogP) is 2.67. The van der Waals surface area contributed by atoms with Crippen molar-refractivity contribution in [3.05, 3.63) is 66.4 Å². The van der Waals surface area contributed by atoms with Gasteiger partial charge in [0, 0.05) is 18.2 Å². The number of benzene rings is 2. The van der Waals surface area contributed by atoms with Gasteiger partial charge in [-0.15, -0.1) is 5.10 Å². The Bertz CT molecular complexity index is 901. The zero-order chi connectivity index (χ0) is 17.8. The van der Waals surface area contributed by atoms with Crippen LogP contribution in [0.15, 0.2) is 60.8 Å². The van der Waals surface area contributed by atoms with Crippen LogP contribution in [-0.4, -0.2) is 21.6 Å². The van der Waals surface area contributed by atoms with E-state index in [1.165, 1.54) is 6.92 Å². The van der Waals surface area contributed by atoms with Gasteiger partial charge in [0.15, 0.2) is 5.82 Å². The Balaban J connectivity index is 1.75. The molecular weight excluding hydrogens is 318 g/mol. The SMILES string of the molecule is CC(=O)Nc1ccc(C(=O)Nc2nn(-c3ccccc3)cc2N)cc1. The molecule has 3 rings (SSSR count). The number of anilines is 3. The molecular formula is C18H17N5O2. The summed E-state index contributed by atoms with van der Waals surface area (Å²) < 4.78 is 1.60. The van der Waals surface area contributed by atoms with E-state index in [1.807, 2.05) is 30.3 Å². The molecule has 0 aliphatic rings. The summed E-state index contributed by atoms with van der Waals surface area (Å²) in [6, 6.07) is 16.0. The van der Waals surface area contributed by atoms with E-state index in [9.17, 15) is 9.59 Å². The first kappa shape index (κ1) is 16.3. The fourth-order valence-corrected chi connectivity index (χ4v) is 2.29. The van der Waals surface area contributed by atoms with Crippen LogP contribution >= 0.6 is 0 Å². The minimum absolute atomic E-state index is 0.170. The topological polar surface area (TPSA) is 102 Å². The number of nitrogens with two attached hydrogens (primary N) is 1. The van der Waals surface area contributed by atoms with E-state index in [0.717, 1.165) is 5.69 Å². The van der Waals surface area contributed by atoms with E-state index in [4.69, 9.17) is 5.73 Å². The highest BCUT2D eigenvalue weighted by Crippen LogP contribution is 2.20. The molecule has 0 spiro atoms. The first-order chi connectivity index (χ1) is 12.0. The fraction of sp³-hybridized carbons (Fsp3) is 0.0556. The van der Waals surface area contributed by atoms with E-state index >= 15 is 0 Å². The summed E-state index contributed by atoms with van der Waals surface area (Å²) >= 11 is 0. The average molecular weight is 335 g/mol. The molecule has 2 amide bonds. The number of rotatable bonds is 4. The van der Waals surface area contributed by atoms with Crippen LogP contribution in [0.4, 0.5) is 17.2 Å². The molecule has 1 heterocycles. The lowest BCUT2D eigenvalue weighted by Crippen LogP contribution is -2.14. The van der Waals surface area contributed by atoms with Crippen LogP contribution < -0.4 is 16.4 Å². The van der Waals surface area contributed by atoms with Crippen molar-refractivity contribution in [3.8, 4) is 5.69 Å². The molecule has 7 nitrogen and oxygen atoms in total. The maximum atomic E-state index is 12.3. The minimum Gasteiger partial charge on any atom is -0.394 e. The minimum atomic E-state index is -0.334. The van der Waals surface area contributed by atoms with Gasteiger partial charge in [0.05, 0.1) is 17.6 Å². The third-order valence-corrected chi connectivity index (χ3v) is 3.46. The normalized spacial score (nSPS) is 10.3. The third-order valence-electron chi connectivity index (χ3n) is 3.46. The molecule has 0 unspecified atom stereocenters. The van der Waals surface area contributed by atoms with Gasteiger partial charge in [-0.3, -0.25) is 9.59 Å². The number of para-hydroxylation sites is 1. The van der Waals surface area contributed by atoms with Crippen LogP contribution in [0.5, 0.6) is 0 Å². The zero-order valence-electron chi connectivity index (χ0n) is 13.6. The molecule has 1 aromatic heterocycles. The number of nitrogen functional groups attached to an aromatic ring is 1. The van der Waals surface area contributed by atoms with Crippen molar-refractivity contribution in [1.29, 1.82) is 0 Å². The lowest BCUT2D eigenvalue weighted by Gasteiger charge is -2.05. The zero-order valence-corrected chi connectivity index (χ0v) is 13.6. The second-order valence-corrected chi connectivity index (χ2v) is 5.43. The van der Waals surface area contributed by atoms with E-state index in [0.29, 0.717) is 22.8 Å². The maximum absolute atomic E-state index is 12.3. The van der Waals surface area contributed by atoms with E-state index in [-0.39, 0.29) is 11.8 Å². The number of nitrogens with one attached hydrogen (secondary N) is 2. The highest BCUT2D eigenvalue weighted by atomic mass is 16.2. The molecule has 0 aliphatic carbocycles. The highest BCUT2D eigenvalue weighted by molar-refractivity contribution is 6.05. The summed E-state index contributed by atoms with van der Waals surface area (Å²) in [4.78, 5) is 23.4. The molecule has 25 heavy (non-hydrogen) atoms. The highest BCUT2D eigenvalue weighted by Gasteiger charge is 2.12. The quantitative estimate of drug-likeness (QED) is 0.682. The number of hydrogen-bond donors (Lipinski definition) is 3. The lowest BCUT2D eigenvalue weighted by atomic mass is 10.2. The smallest absolute Gasteiger partial charge is 0.256 e. The van der Waals surface area contributed by atoms with Crippen molar-refractivity contribution < 1.29 is 9.59 Å². The van der Waals surface area contributed by atoms with Gasteiger partial charge in [-0.1, -0.05) is 18.2 Å². The van der Waals surface area contributed by atoms with Gasteiger partial charge in [-0.2, -0.15) is 0 Å². The Labute approximate surface area is 144 Å². The van der Waals surface area contributed by atoms with Crippen LogP contribution in [-0.2, 0) is 4.79 Å². The molecule has 0 aliphatic heterocycles. The summed E-state index contributed by atoms with van der Waals surface area (Å²) in [7, 11) is 0.